The summed E-state index contributed by atoms with van der Waals surface area (Å²) in [5.41, 5.74) is 0. The van der Waals surface area contributed by atoms with Crippen LogP contribution < -0.4 is 10.0 Å². The number of rotatable bonds is 3. The first-order valence-corrected chi connectivity index (χ1v) is 7.52. The molecule has 16 heavy (non-hydrogen) atoms. The van der Waals surface area contributed by atoms with Gasteiger partial charge in [-0.25, -0.2) is 13.1 Å². The molecule has 6 heteroatoms. The van der Waals surface area contributed by atoms with E-state index in [1.807, 2.05) is 0 Å². The Morgan fingerprint density at radius 3 is 2.38 bits per heavy atom. The maximum atomic E-state index is 12.0. The van der Waals surface area contributed by atoms with Crippen LogP contribution in [0.5, 0.6) is 0 Å². The van der Waals surface area contributed by atoms with E-state index in [1.54, 1.807) is 0 Å². The van der Waals surface area contributed by atoms with Crippen LogP contribution in [-0.4, -0.2) is 44.0 Å². The predicted molar refractivity (Wildman–Crippen MR) is 61.6 cm³/mol. The van der Waals surface area contributed by atoms with Crippen LogP contribution in [0.3, 0.4) is 0 Å². The zero-order chi connectivity index (χ0) is 11.6. The normalized spacial score (nSPS) is 36.4. The first-order valence-electron chi connectivity index (χ1n) is 5.98. The average Bonchev–Trinajstić information content (AvgIpc) is 2.75. The van der Waals surface area contributed by atoms with Crippen molar-refractivity contribution in [1.29, 1.82) is 0 Å². The van der Waals surface area contributed by atoms with E-state index in [4.69, 9.17) is 0 Å². The summed E-state index contributed by atoms with van der Waals surface area (Å²) in [6, 6.07) is 0.0222. The summed E-state index contributed by atoms with van der Waals surface area (Å²) in [5, 5.41) is 12.1. The van der Waals surface area contributed by atoms with Crippen LogP contribution in [0.1, 0.15) is 32.1 Å². The van der Waals surface area contributed by atoms with Crippen LogP contribution in [0.2, 0.25) is 0 Å². The van der Waals surface area contributed by atoms with E-state index in [0.29, 0.717) is 25.8 Å². The Labute approximate surface area is 96.7 Å². The SMILES string of the molecule is O=S(=O)(NC1CCC(O)CC1)C1CCNC1. The molecule has 1 aliphatic carbocycles. The molecule has 0 aromatic heterocycles. The molecule has 1 saturated carbocycles. The molecule has 2 fully saturated rings. The standard InChI is InChI=1S/C10H20N2O3S/c13-9-3-1-8(2-4-9)12-16(14,15)10-5-6-11-7-10/h8-13H,1-7H2. The number of aliphatic hydroxyl groups excluding tert-OH is 1. The van der Waals surface area contributed by atoms with Crippen molar-refractivity contribution in [3.8, 4) is 0 Å². The van der Waals surface area contributed by atoms with Crippen molar-refractivity contribution >= 4 is 10.0 Å². The topological polar surface area (TPSA) is 78.4 Å². The van der Waals surface area contributed by atoms with Gasteiger partial charge in [-0.05, 0) is 38.6 Å². The van der Waals surface area contributed by atoms with Gasteiger partial charge >= 0.3 is 0 Å². The monoisotopic (exact) mass is 248 g/mol. The van der Waals surface area contributed by atoms with Crippen molar-refractivity contribution in [2.45, 2.75) is 49.5 Å². The molecule has 1 atom stereocenters. The number of aliphatic hydroxyl groups is 1. The van der Waals surface area contributed by atoms with E-state index in [0.717, 1.165) is 19.4 Å². The largest absolute Gasteiger partial charge is 0.393 e. The van der Waals surface area contributed by atoms with Crippen LogP contribution in [0, 0.1) is 0 Å². The molecule has 3 N–H and O–H groups in total. The molecule has 1 heterocycles. The summed E-state index contributed by atoms with van der Waals surface area (Å²) in [4.78, 5) is 0. The van der Waals surface area contributed by atoms with E-state index >= 15 is 0 Å². The summed E-state index contributed by atoms with van der Waals surface area (Å²) in [6.45, 7) is 1.35. The van der Waals surface area contributed by atoms with Crippen LogP contribution in [0.4, 0.5) is 0 Å². The highest BCUT2D eigenvalue weighted by Gasteiger charge is 2.31. The lowest BCUT2D eigenvalue weighted by Gasteiger charge is -2.27. The molecule has 0 radical (unpaired) electrons. The number of hydrogen-bond donors (Lipinski definition) is 3. The minimum absolute atomic E-state index is 0.0222. The number of sulfonamides is 1. The third-order valence-electron chi connectivity index (χ3n) is 3.48. The fraction of sp³-hybridized carbons (Fsp3) is 1.00. The van der Waals surface area contributed by atoms with Crippen molar-refractivity contribution in [1.82, 2.24) is 10.0 Å². The molecule has 1 aliphatic heterocycles. The van der Waals surface area contributed by atoms with E-state index in [2.05, 4.69) is 10.0 Å². The molecule has 1 unspecified atom stereocenters. The third kappa shape index (κ3) is 2.94. The number of hydrogen-bond acceptors (Lipinski definition) is 4. The van der Waals surface area contributed by atoms with Crippen LogP contribution in [0.15, 0.2) is 0 Å². The summed E-state index contributed by atoms with van der Waals surface area (Å²) >= 11 is 0. The summed E-state index contributed by atoms with van der Waals surface area (Å²) in [7, 11) is -3.17. The molecule has 2 aliphatic rings. The highest BCUT2D eigenvalue weighted by Crippen LogP contribution is 2.20. The highest BCUT2D eigenvalue weighted by molar-refractivity contribution is 7.90. The molecule has 0 aromatic rings. The summed E-state index contributed by atoms with van der Waals surface area (Å²) in [5.74, 6) is 0. The zero-order valence-corrected chi connectivity index (χ0v) is 10.2. The molecule has 0 aromatic carbocycles. The molecule has 0 amide bonds. The molecule has 0 bridgehead atoms. The molecule has 1 saturated heterocycles. The number of nitrogens with one attached hydrogen (secondary N) is 2. The Morgan fingerprint density at radius 1 is 1.12 bits per heavy atom. The average molecular weight is 248 g/mol. The van der Waals surface area contributed by atoms with E-state index < -0.39 is 10.0 Å². The van der Waals surface area contributed by atoms with Gasteiger partial charge in [0.1, 0.15) is 0 Å². The van der Waals surface area contributed by atoms with E-state index in [1.165, 1.54) is 0 Å². The molecule has 94 valence electrons. The Hall–Kier alpha value is -0.170. The second kappa shape index (κ2) is 5.00. The van der Waals surface area contributed by atoms with Crippen LogP contribution in [-0.2, 0) is 10.0 Å². The second-order valence-corrected chi connectivity index (χ2v) is 6.78. The van der Waals surface area contributed by atoms with Gasteiger partial charge in [0.05, 0.1) is 11.4 Å². The minimum atomic E-state index is -3.17. The minimum Gasteiger partial charge on any atom is -0.393 e. The molecule has 5 nitrogen and oxygen atoms in total. The van der Waals surface area contributed by atoms with Crippen molar-refractivity contribution < 1.29 is 13.5 Å². The molecule has 2 rings (SSSR count). The second-order valence-electron chi connectivity index (χ2n) is 4.78. The van der Waals surface area contributed by atoms with E-state index in [-0.39, 0.29) is 17.4 Å². The Balaban J connectivity index is 1.88. The van der Waals surface area contributed by atoms with E-state index in [9.17, 15) is 13.5 Å². The highest BCUT2D eigenvalue weighted by atomic mass is 32.2. The van der Waals surface area contributed by atoms with Gasteiger partial charge in [0.2, 0.25) is 10.0 Å². The fourth-order valence-electron chi connectivity index (χ4n) is 2.42. The van der Waals surface area contributed by atoms with Gasteiger partial charge in [0.25, 0.3) is 0 Å². The molecular weight excluding hydrogens is 228 g/mol. The lowest BCUT2D eigenvalue weighted by Crippen LogP contribution is -2.43. The lowest BCUT2D eigenvalue weighted by atomic mass is 9.94. The predicted octanol–water partition coefficient (Wildman–Crippen LogP) is -0.429. The van der Waals surface area contributed by atoms with Gasteiger partial charge in [0.15, 0.2) is 0 Å². The van der Waals surface area contributed by atoms with Gasteiger partial charge in [-0.15, -0.1) is 0 Å². The van der Waals surface area contributed by atoms with Gasteiger partial charge in [-0.1, -0.05) is 0 Å². The Bertz CT molecular complexity index is 317. The molecular formula is C10H20N2O3S. The fourth-order valence-corrected chi connectivity index (χ4v) is 4.07. The zero-order valence-electron chi connectivity index (χ0n) is 9.35. The first-order chi connectivity index (χ1) is 7.58. The van der Waals surface area contributed by atoms with Crippen molar-refractivity contribution in [2.75, 3.05) is 13.1 Å². The Kier molecular flexibility index (Phi) is 3.84. The summed E-state index contributed by atoms with van der Waals surface area (Å²) in [6.07, 6.45) is 3.37. The lowest BCUT2D eigenvalue weighted by molar-refractivity contribution is 0.120. The summed E-state index contributed by atoms with van der Waals surface area (Å²) < 4.78 is 26.7. The Morgan fingerprint density at radius 2 is 1.81 bits per heavy atom. The van der Waals surface area contributed by atoms with Crippen molar-refractivity contribution in [3.63, 3.8) is 0 Å². The van der Waals surface area contributed by atoms with Crippen LogP contribution in [0.25, 0.3) is 0 Å². The van der Waals surface area contributed by atoms with Gasteiger partial charge in [0, 0.05) is 12.6 Å². The van der Waals surface area contributed by atoms with Gasteiger partial charge in [-0.2, -0.15) is 0 Å². The first kappa shape index (κ1) is 12.3. The maximum absolute atomic E-state index is 12.0. The van der Waals surface area contributed by atoms with Crippen molar-refractivity contribution in [3.05, 3.63) is 0 Å². The maximum Gasteiger partial charge on any atom is 0.216 e. The smallest absolute Gasteiger partial charge is 0.216 e. The van der Waals surface area contributed by atoms with Gasteiger partial charge in [-0.3, -0.25) is 0 Å². The van der Waals surface area contributed by atoms with Crippen molar-refractivity contribution in [2.24, 2.45) is 0 Å². The quantitative estimate of drug-likeness (QED) is 0.633. The van der Waals surface area contributed by atoms with Crippen LogP contribution >= 0.6 is 0 Å². The molecule has 0 spiro atoms. The third-order valence-corrected chi connectivity index (χ3v) is 5.42. The van der Waals surface area contributed by atoms with Gasteiger partial charge < -0.3 is 10.4 Å².